The number of imide groups is 2. The van der Waals surface area contributed by atoms with E-state index in [0.29, 0.717) is 10.1 Å². The molecule has 40 heavy (non-hydrogen) atoms. The van der Waals surface area contributed by atoms with E-state index in [-0.39, 0.29) is 83.0 Å². The van der Waals surface area contributed by atoms with Gasteiger partial charge in [-0.1, -0.05) is 0 Å². The summed E-state index contributed by atoms with van der Waals surface area (Å²) >= 11 is 0. The Bertz CT molecular complexity index is 1020. The zero-order chi connectivity index (χ0) is 30.1. The topological polar surface area (TPSA) is 180 Å². The van der Waals surface area contributed by atoms with E-state index in [1.807, 2.05) is 0 Å². The molecule has 2 rings (SSSR count). The minimum Gasteiger partial charge on any atom is -0.460 e. The summed E-state index contributed by atoms with van der Waals surface area (Å²) in [5.41, 5.74) is -2.11. The average molecular weight is 569 g/mol. The van der Waals surface area contributed by atoms with Gasteiger partial charge in [-0.2, -0.15) is 0 Å². The Morgan fingerprint density at radius 3 is 1.50 bits per heavy atom. The molecule has 0 radical (unpaired) electrons. The van der Waals surface area contributed by atoms with Crippen molar-refractivity contribution < 1.29 is 57.5 Å². The van der Waals surface area contributed by atoms with Gasteiger partial charge in [0, 0.05) is 57.8 Å². The second-order valence-electron chi connectivity index (χ2n) is 10.6. The highest BCUT2D eigenvalue weighted by molar-refractivity contribution is 6.02. The molecule has 2 fully saturated rings. The van der Waals surface area contributed by atoms with E-state index in [2.05, 4.69) is 0 Å². The van der Waals surface area contributed by atoms with E-state index in [9.17, 15) is 38.4 Å². The van der Waals surface area contributed by atoms with Crippen LogP contribution >= 0.6 is 0 Å². The Morgan fingerprint density at radius 2 is 1.05 bits per heavy atom. The van der Waals surface area contributed by atoms with Gasteiger partial charge in [-0.25, -0.2) is 9.59 Å². The quantitative estimate of drug-likeness (QED) is 0.194. The van der Waals surface area contributed by atoms with Gasteiger partial charge in [0.2, 0.25) is 0 Å². The number of carbonyl (C=O) groups excluding carboxylic acids is 8. The molecule has 2 aliphatic rings. The predicted octanol–water partition coefficient (Wildman–Crippen LogP) is 1.62. The van der Waals surface area contributed by atoms with Gasteiger partial charge in [-0.15, -0.1) is 10.1 Å². The van der Waals surface area contributed by atoms with Crippen molar-refractivity contribution in [3.8, 4) is 0 Å². The smallest absolute Gasteiger partial charge is 0.333 e. The Kier molecular flexibility index (Phi) is 11.5. The van der Waals surface area contributed by atoms with Crippen LogP contribution in [0.25, 0.3) is 0 Å². The normalized spacial score (nSPS) is 16.0. The largest absolute Gasteiger partial charge is 0.460 e. The van der Waals surface area contributed by atoms with Crippen LogP contribution in [0.3, 0.4) is 0 Å². The van der Waals surface area contributed by atoms with Gasteiger partial charge in [-0.3, -0.25) is 28.8 Å². The molecule has 0 aromatic carbocycles. The van der Waals surface area contributed by atoms with Crippen molar-refractivity contribution in [2.45, 2.75) is 110 Å². The second-order valence-corrected chi connectivity index (χ2v) is 10.6. The molecule has 0 spiro atoms. The molecule has 222 valence electrons. The van der Waals surface area contributed by atoms with E-state index in [4.69, 9.17) is 19.1 Å². The zero-order valence-electron chi connectivity index (χ0n) is 23.3. The molecule has 0 N–H and O–H groups in total. The van der Waals surface area contributed by atoms with Gasteiger partial charge in [0.25, 0.3) is 23.6 Å². The summed E-state index contributed by atoms with van der Waals surface area (Å²) in [6, 6.07) is 0. The van der Waals surface area contributed by atoms with Crippen molar-refractivity contribution >= 4 is 47.3 Å². The summed E-state index contributed by atoms with van der Waals surface area (Å²) in [5, 5.41) is 0.910. The highest BCUT2D eigenvalue weighted by Gasteiger charge is 2.34. The molecular weight excluding hydrogens is 532 g/mol. The standard InChI is InChI=1S/C26H36N2O12/c1-25(2,38-22(34)8-6-10-24(36)40-28-20(32)13-14-21(28)33)15-16-37-26(3,4)17(29)7-5-9-23(35)39-27-18(30)11-12-19(27)31/h5-16H2,1-4H3. The number of amides is 4. The molecule has 0 unspecified atom stereocenters. The number of hydrogen-bond acceptors (Lipinski definition) is 12. The van der Waals surface area contributed by atoms with Crippen LogP contribution in [0.2, 0.25) is 0 Å². The fourth-order valence-corrected chi connectivity index (χ4v) is 3.72. The Morgan fingerprint density at radius 1 is 0.650 bits per heavy atom. The fraction of sp³-hybridized carbons (Fsp3) is 0.692. The van der Waals surface area contributed by atoms with Crippen molar-refractivity contribution in [3.63, 3.8) is 0 Å². The van der Waals surface area contributed by atoms with Crippen LogP contribution in [-0.4, -0.2) is 75.3 Å². The first kappa shape index (κ1) is 32.5. The third-order valence-electron chi connectivity index (χ3n) is 6.17. The van der Waals surface area contributed by atoms with Gasteiger partial charge in [0.05, 0.1) is 6.61 Å². The van der Waals surface area contributed by atoms with Crippen LogP contribution in [0.1, 0.15) is 98.3 Å². The number of Topliss-reactive ketones (excluding diaryl/α,β-unsaturated/α-hetero) is 1. The lowest BCUT2D eigenvalue weighted by molar-refractivity contribution is -0.197. The minimum atomic E-state index is -1.18. The van der Waals surface area contributed by atoms with E-state index >= 15 is 0 Å². The first-order valence-corrected chi connectivity index (χ1v) is 13.1. The maximum atomic E-state index is 12.6. The van der Waals surface area contributed by atoms with E-state index in [0.717, 1.165) is 0 Å². The van der Waals surface area contributed by atoms with Crippen LogP contribution in [0, 0.1) is 0 Å². The average Bonchev–Trinajstić information content (AvgIpc) is 3.33. The molecule has 2 aliphatic heterocycles. The number of ketones is 1. The second kappa shape index (κ2) is 14.1. The number of nitrogens with zero attached hydrogens (tertiary/aromatic N) is 2. The van der Waals surface area contributed by atoms with Gasteiger partial charge in [0.1, 0.15) is 11.2 Å². The Labute approximate surface area is 231 Å². The SMILES string of the molecule is CC(C)(CCOC(C)(C)C(=O)CCCC(=O)ON1C(=O)CCC1=O)OC(=O)CCCC(=O)ON1C(=O)CCC1=O. The van der Waals surface area contributed by atoms with E-state index in [1.54, 1.807) is 27.7 Å². The number of ether oxygens (including phenoxy) is 2. The number of hydroxylamine groups is 4. The first-order valence-electron chi connectivity index (χ1n) is 13.1. The summed E-state index contributed by atoms with van der Waals surface area (Å²) in [7, 11) is 0. The van der Waals surface area contributed by atoms with Crippen molar-refractivity contribution in [1.82, 2.24) is 10.1 Å². The monoisotopic (exact) mass is 568 g/mol. The summed E-state index contributed by atoms with van der Waals surface area (Å²) in [4.78, 5) is 104. The molecule has 0 aromatic rings. The molecule has 2 saturated heterocycles. The van der Waals surface area contributed by atoms with Gasteiger partial charge in [-0.05, 0) is 40.5 Å². The molecular formula is C26H36N2O12. The molecule has 0 atom stereocenters. The molecule has 0 aromatic heterocycles. The maximum Gasteiger partial charge on any atom is 0.333 e. The first-order chi connectivity index (χ1) is 18.6. The Balaban J connectivity index is 1.63. The highest BCUT2D eigenvalue weighted by Crippen LogP contribution is 2.21. The van der Waals surface area contributed by atoms with Crippen molar-refractivity contribution in [3.05, 3.63) is 0 Å². The Hall–Kier alpha value is -3.68. The van der Waals surface area contributed by atoms with Gasteiger partial charge >= 0.3 is 17.9 Å². The zero-order valence-corrected chi connectivity index (χ0v) is 23.3. The van der Waals surface area contributed by atoms with Gasteiger partial charge < -0.3 is 19.1 Å². The lowest BCUT2D eigenvalue weighted by Crippen LogP contribution is -2.37. The minimum absolute atomic E-state index is 0.00432. The lowest BCUT2D eigenvalue weighted by Gasteiger charge is -2.29. The maximum absolute atomic E-state index is 12.6. The number of hydrogen-bond donors (Lipinski definition) is 0. The molecule has 0 aliphatic carbocycles. The van der Waals surface area contributed by atoms with E-state index < -0.39 is 52.7 Å². The lowest BCUT2D eigenvalue weighted by atomic mass is 9.98. The van der Waals surface area contributed by atoms with Gasteiger partial charge in [0.15, 0.2) is 5.78 Å². The summed E-state index contributed by atoms with van der Waals surface area (Å²) in [6.45, 7) is 6.59. The molecule has 0 bridgehead atoms. The van der Waals surface area contributed by atoms with E-state index in [1.165, 1.54) is 0 Å². The summed E-state index contributed by atoms with van der Waals surface area (Å²) < 4.78 is 11.2. The van der Waals surface area contributed by atoms with Crippen LogP contribution in [0.15, 0.2) is 0 Å². The van der Waals surface area contributed by atoms with Crippen LogP contribution in [-0.2, 0) is 57.5 Å². The number of rotatable bonds is 16. The number of carbonyl (C=O) groups is 8. The van der Waals surface area contributed by atoms with Crippen molar-refractivity contribution in [2.75, 3.05) is 6.61 Å². The van der Waals surface area contributed by atoms with Crippen LogP contribution < -0.4 is 0 Å². The fourth-order valence-electron chi connectivity index (χ4n) is 3.72. The third kappa shape index (κ3) is 10.1. The third-order valence-corrected chi connectivity index (χ3v) is 6.17. The van der Waals surface area contributed by atoms with Crippen molar-refractivity contribution in [2.24, 2.45) is 0 Å². The van der Waals surface area contributed by atoms with Crippen LogP contribution in [0.5, 0.6) is 0 Å². The van der Waals surface area contributed by atoms with Crippen molar-refractivity contribution in [1.29, 1.82) is 0 Å². The predicted molar refractivity (Wildman–Crippen MR) is 132 cm³/mol. The number of esters is 1. The molecule has 4 amide bonds. The molecule has 0 saturated carbocycles. The summed E-state index contributed by atoms with van der Waals surface area (Å²) in [5.74, 6) is -4.74. The molecule has 14 heteroatoms. The highest BCUT2D eigenvalue weighted by atomic mass is 16.7. The molecule has 2 heterocycles. The summed E-state index contributed by atoms with van der Waals surface area (Å²) in [6.07, 6.45) is 0.0531. The van der Waals surface area contributed by atoms with Crippen LogP contribution in [0.4, 0.5) is 0 Å². The molecule has 14 nitrogen and oxygen atoms in total.